The standard InChI is InChI=1S/C17H16ClN3O3S/c1-9-10(2)25-16-15(9)17(23)21(8-19-16)7-14(22)20-12-6-11(18)4-5-13(12)24-3/h4-6,8H,7H2,1-3H3,(H,20,22). The van der Waals surface area contributed by atoms with Gasteiger partial charge in [0, 0.05) is 9.90 Å². The van der Waals surface area contributed by atoms with Crippen molar-refractivity contribution >= 4 is 44.7 Å². The van der Waals surface area contributed by atoms with E-state index in [0.717, 1.165) is 10.4 Å². The number of benzene rings is 1. The van der Waals surface area contributed by atoms with Gasteiger partial charge in [0.25, 0.3) is 5.56 Å². The lowest BCUT2D eigenvalue weighted by atomic mass is 10.2. The maximum Gasteiger partial charge on any atom is 0.262 e. The van der Waals surface area contributed by atoms with Crippen LogP contribution >= 0.6 is 22.9 Å². The molecule has 0 atom stereocenters. The number of halogens is 1. The van der Waals surface area contributed by atoms with Crippen molar-refractivity contribution in [1.29, 1.82) is 0 Å². The van der Waals surface area contributed by atoms with Crippen LogP contribution in [0.5, 0.6) is 5.75 Å². The summed E-state index contributed by atoms with van der Waals surface area (Å²) in [5.41, 5.74) is 1.13. The number of fused-ring (bicyclic) bond motifs is 1. The number of aryl methyl sites for hydroxylation is 2. The van der Waals surface area contributed by atoms with E-state index in [1.807, 2.05) is 13.8 Å². The lowest BCUT2D eigenvalue weighted by Gasteiger charge is -2.11. The van der Waals surface area contributed by atoms with Gasteiger partial charge >= 0.3 is 0 Å². The fourth-order valence-corrected chi connectivity index (χ4v) is 3.66. The minimum Gasteiger partial charge on any atom is -0.495 e. The van der Waals surface area contributed by atoms with E-state index in [0.29, 0.717) is 26.7 Å². The van der Waals surface area contributed by atoms with E-state index in [4.69, 9.17) is 16.3 Å². The first kappa shape index (κ1) is 17.4. The Balaban J connectivity index is 1.88. The third-order valence-electron chi connectivity index (χ3n) is 3.91. The summed E-state index contributed by atoms with van der Waals surface area (Å²) in [7, 11) is 1.50. The summed E-state index contributed by atoms with van der Waals surface area (Å²) in [6, 6.07) is 4.92. The third kappa shape index (κ3) is 3.38. The van der Waals surface area contributed by atoms with E-state index in [1.54, 1.807) is 18.2 Å². The lowest BCUT2D eigenvalue weighted by Crippen LogP contribution is -2.28. The minimum absolute atomic E-state index is 0.147. The zero-order chi connectivity index (χ0) is 18.1. The molecule has 3 rings (SSSR count). The van der Waals surface area contributed by atoms with Gasteiger partial charge in [-0.1, -0.05) is 11.6 Å². The van der Waals surface area contributed by atoms with Crippen LogP contribution in [0.15, 0.2) is 29.3 Å². The highest BCUT2D eigenvalue weighted by molar-refractivity contribution is 7.18. The third-order valence-corrected chi connectivity index (χ3v) is 5.26. The summed E-state index contributed by atoms with van der Waals surface area (Å²) in [5.74, 6) is 0.122. The number of thiophene rings is 1. The molecule has 25 heavy (non-hydrogen) atoms. The van der Waals surface area contributed by atoms with Crippen LogP contribution < -0.4 is 15.6 Å². The molecule has 0 aliphatic rings. The van der Waals surface area contributed by atoms with E-state index in [1.165, 1.54) is 29.3 Å². The van der Waals surface area contributed by atoms with Gasteiger partial charge in [0.2, 0.25) is 5.91 Å². The molecule has 0 unspecified atom stereocenters. The number of hydrogen-bond donors (Lipinski definition) is 1. The number of hydrogen-bond acceptors (Lipinski definition) is 5. The Morgan fingerprint density at radius 3 is 2.88 bits per heavy atom. The highest BCUT2D eigenvalue weighted by atomic mass is 35.5. The molecule has 2 heterocycles. The van der Waals surface area contributed by atoms with Crippen LogP contribution in [0.2, 0.25) is 5.02 Å². The van der Waals surface area contributed by atoms with Crippen molar-refractivity contribution in [3.63, 3.8) is 0 Å². The van der Waals surface area contributed by atoms with Crippen LogP contribution in [0.25, 0.3) is 10.2 Å². The summed E-state index contributed by atoms with van der Waals surface area (Å²) in [6.07, 6.45) is 1.40. The molecule has 1 amide bonds. The molecule has 0 radical (unpaired) electrons. The number of nitrogens with one attached hydrogen (secondary N) is 1. The zero-order valence-electron chi connectivity index (χ0n) is 13.9. The van der Waals surface area contributed by atoms with E-state index in [2.05, 4.69) is 10.3 Å². The first-order chi connectivity index (χ1) is 11.9. The Morgan fingerprint density at radius 2 is 2.16 bits per heavy atom. The van der Waals surface area contributed by atoms with Crippen LogP contribution in [0, 0.1) is 13.8 Å². The number of methoxy groups -OCH3 is 1. The first-order valence-electron chi connectivity index (χ1n) is 7.49. The van der Waals surface area contributed by atoms with Crippen LogP contribution in [-0.4, -0.2) is 22.6 Å². The average molecular weight is 378 g/mol. The Kier molecular flexibility index (Phi) is 4.78. The molecular weight excluding hydrogens is 362 g/mol. The van der Waals surface area contributed by atoms with E-state index < -0.39 is 0 Å². The molecule has 8 heteroatoms. The van der Waals surface area contributed by atoms with Crippen LogP contribution in [-0.2, 0) is 11.3 Å². The van der Waals surface area contributed by atoms with Gasteiger partial charge in [-0.05, 0) is 37.6 Å². The van der Waals surface area contributed by atoms with Gasteiger partial charge in [-0.2, -0.15) is 0 Å². The number of anilines is 1. The summed E-state index contributed by atoms with van der Waals surface area (Å²) in [5, 5.41) is 3.75. The molecule has 1 aromatic carbocycles. The molecule has 3 aromatic rings. The maximum absolute atomic E-state index is 12.6. The van der Waals surface area contributed by atoms with Crippen molar-refractivity contribution in [1.82, 2.24) is 9.55 Å². The molecule has 0 bridgehead atoms. The van der Waals surface area contributed by atoms with Gasteiger partial charge in [0.15, 0.2) is 0 Å². The molecule has 0 spiro atoms. The van der Waals surface area contributed by atoms with Crippen molar-refractivity contribution in [2.45, 2.75) is 20.4 Å². The Morgan fingerprint density at radius 1 is 1.40 bits per heavy atom. The molecule has 130 valence electrons. The predicted octanol–water partition coefficient (Wildman–Crippen LogP) is 3.38. The van der Waals surface area contributed by atoms with E-state index in [9.17, 15) is 9.59 Å². The molecule has 0 aliphatic heterocycles. The Labute approximate surface area is 153 Å². The van der Waals surface area contributed by atoms with E-state index in [-0.39, 0.29) is 18.0 Å². The number of carbonyl (C=O) groups excluding carboxylic acids is 1. The van der Waals surface area contributed by atoms with Gasteiger partial charge in [-0.15, -0.1) is 11.3 Å². The van der Waals surface area contributed by atoms with Crippen molar-refractivity contribution in [3.8, 4) is 5.75 Å². The van der Waals surface area contributed by atoms with Crippen molar-refractivity contribution < 1.29 is 9.53 Å². The smallest absolute Gasteiger partial charge is 0.262 e. The predicted molar refractivity (Wildman–Crippen MR) is 100.0 cm³/mol. The molecule has 0 saturated heterocycles. The first-order valence-corrected chi connectivity index (χ1v) is 8.68. The minimum atomic E-state index is -0.367. The fourth-order valence-electron chi connectivity index (χ4n) is 2.50. The molecule has 0 saturated carbocycles. The molecular formula is C17H16ClN3O3S. The molecule has 0 aliphatic carbocycles. The average Bonchev–Trinajstić information content (AvgIpc) is 2.86. The largest absolute Gasteiger partial charge is 0.495 e. The van der Waals surface area contributed by atoms with E-state index >= 15 is 0 Å². The summed E-state index contributed by atoms with van der Waals surface area (Å²) in [6.45, 7) is 3.69. The number of ether oxygens (including phenoxy) is 1. The van der Waals surface area contributed by atoms with Gasteiger partial charge in [-0.25, -0.2) is 4.98 Å². The fraction of sp³-hybridized carbons (Fsp3) is 0.235. The Hall–Kier alpha value is -2.38. The Bertz CT molecular complexity index is 1030. The molecule has 6 nitrogen and oxygen atoms in total. The van der Waals surface area contributed by atoms with Gasteiger partial charge in [0.1, 0.15) is 17.1 Å². The molecule has 0 fully saturated rings. The second-order valence-electron chi connectivity index (χ2n) is 5.53. The summed E-state index contributed by atoms with van der Waals surface area (Å²) in [4.78, 5) is 31.0. The zero-order valence-corrected chi connectivity index (χ0v) is 15.5. The summed E-state index contributed by atoms with van der Waals surface area (Å²) < 4.78 is 6.50. The van der Waals surface area contributed by atoms with Crippen molar-refractivity contribution in [2.24, 2.45) is 0 Å². The van der Waals surface area contributed by atoms with Gasteiger partial charge < -0.3 is 10.1 Å². The van der Waals surface area contributed by atoms with Crippen LogP contribution in [0.1, 0.15) is 10.4 Å². The highest BCUT2D eigenvalue weighted by Gasteiger charge is 2.14. The number of rotatable bonds is 4. The van der Waals surface area contributed by atoms with Crippen LogP contribution in [0.4, 0.5) is 5.69 Å². The topological polar surface area (TPSA) is 73.2 Å². The number of nitrogens with zero attached hydrogens (tertiary/aromatic N) is 2. The highest BCUT2D eigenvalue weighted by Crippen LogP contribution is 2.28. The second kappa shape index (κ2) is 6.85. The molecule has 1 N–H and O–H groups in total. The van der Waals surface area contributed by atoms with Crippen molar-refractivity contribution in [3.05, 3.63) is 50.3 Å². The second-order valence-corrected chi connectivity index (χ2v) is 7.17. The molecule has 2 aromatic heterocycles. The quantitative estimate of drug-likeness (QED) is 0.756. The maximum atomic E-state index is 12.6. The number of carbonyl (C=O) groups is 1. The number of aromatic nitrogens is 2. The SMILES string of the molecule is COc1ccc(Cl)cc1NC(=O)Cn1cnc2sc(C)c(C)c2c1=O. The summed E-state index contributed by atoms with van der Waals surface area (Å²) >= 11 is 7.43. The normalized spacial score (nSPS) is 10.9. The van der Waals surface area contributed by atoms with Gasteiger partial charge in [-0.3, -0.25) is 14.2 Å². The number of amides is 1. The van der Waals surface area contributed by atoms with Crippen LogP contribution in [0.3, 0.4) is 0 Å². The van der Waals surface area contributed by atoms with Gasteiger partial charge in [0.05, 0.1) is 24.5 Å². The van der Waals surface area contributed by atoms with Crippen molar-refractivity contribution in [2.75, 3.05) is 12.4 Å². The lowest BCUT2D eigenvalue weighted by molar-refractivity contribution is -0.116. The monoisotopic (exact) mass is 377 g/mol.